The summed E-state index contributed by atoms with van der Waals surface area (Å²) in [6.45, 7) is 0. The SMILES string of the molecule is O=C(O)C[C@@H](NC(=O)/C(=C/c1ccccc1)NC(=O)c1ccccc1)c1ccccc1. The Bertz CT molecular complexity index is 1060. The number of nitrogens with one attached hydrogen (secondary N) is 2. The molecule has 1 atom stereocenters. The standard InChI is InChI=1S/C25H22N2O4/c28-23(29)17-21(19-12-6-2-7-13-19)26-25(31)22(16-18-10-4-1-5-11-18)27-24(30)20-14-8-3-9-15-20/h1-16,21H,17H2,(H,26,31)(H,27,30)(H,28,29)/b22-16-/t21-/m1/s1. The highest BCUT2D eigenvalue weighted by Gasteiger charge is 2.21. The Hall–Kier alpha value is -4.19. The van der Waals surface area contributed by atoms with E-state index < -0.39 is 23.8 Å². The number of rotatable bonds is 8. The predicted octanol–water partition coefficient (Wildman–Crippen LogP) is 3.79. The second-order valence-electron chi connectivity index (χ2n) is 6.82. The third kappa shape index (κ3) is 6.40. The molecule has 0 saturated carbocycles. The van der Waals surface area contributed by atoms with Crippen molar-refractivity contribution in [2.24, 2.45) is 0 Å². The van der Waals surface area contributed by atoms with E-state index in [1.165, 1.54) is 0 Å². The van der Waals surface area contributed by atoms with Gasteiger partial charge in [-0.15, -0.1) is 0 Å². The lowest BCUT2D eigenvalue weighted by Crippen LogP contribution is -2.37. The number of amides is 2. The molecule has 2 amide bonds. The van der Waals surface area contributed by atoms with E-state index >= 15 is 0 Å². The Morgan fingerprint density at radius 3 is 1.94 bits per heavy atom. The van der Waals surface area contributed by atoms with E-state index in [1.807, 2.05) is 24.3 Å². The summed E-state index contributed by atoms with van der Waals surface area (Å²) in [6.07, 6.45) is 1.26. The molecular weight excluding hydrogens is 392 g/mol. The molecule has 0 spiro atoms. The van der Waals surface area contributed by atoms with Crippen LogP contribution in [0.25, 0.3) is 6.08 Å². The molecule has 0 aromatic heterocycles. The first-order valence-electron chi connectivity index (χ1n) is 9.73. The second kappa shape index (κ2) is 10.5. The third-order valence-corrected chi connectivity index (χ3v) is 4.53. The van der Waals surface area contributed by atoms with Crippen LogP contribution in [0.15, 0.2) is 96.7 Å². The van der Waals surface area contributed by atoms with E-state index in [2.05, 4.69) is 10.6 Å². The molecule has 156 valence electrons. The van der Waals surface area contributed by atoms with Gasteiger partial charge in [-0.2, -0.15) is 0 Å². The van der Waals surface area contributed by atoms with Crippen molar-refractivity contribution in [1.29, 1.82) is 0 Å². The Morgan fingerprint density at radius 1 is 0.806 bits per heavy atom. The van der Waals surface area contributed by atoms with Gasteiger partial charge in [-0.3, -0.25) is 14.4 Å². The minimum absolute atomic E-state index is 0.0198. The van der Waals surface area contributed by atoms with Crippen LogP contribution in [0, 0.1) is 0 Å². The van der Waals surface area contributed by atoms with Crippen LogP contribution in [-0.2, 0) is 9.59 Å². The molecule has 31 heavy (non-hydrogen) atoms. The highest BCUT2D eigenvalue weighted by Crippen LogP contribution is 2.18. The number of aliphatic carboxylic acids is 1. The lowest BCUT2D eigenvalue weighted by atomic mass is 10.0. The van der Waals surface area contributed by atoms with Gasteiger partial charge in [0.2, 0.25) is 0 Å². The second-order valence-corrected chi connectivity index (χ2v) is 6.82. The molecule has 0 heterocycles. The Balaban J connectivity index is 1.88. The summed E-state index contributed by atoms with van der Waals surface area (Å²) in [5.74, 6) is -2.06. The Kier molecular flexibility index (Phi) is 7.32. The van der Waals surface area contributed by atoms with Crippen LogP contribution < -0.4 is 10.6 Å². The van der Waals surface area contributed by atoms with Gasteiger partial charge in [0.1, 0.15) is 5.70 Å². The van der Waals surface area contributed by atoms with Crippen LogP contribution in [-0.4, -0.2) is 22.9 Å². The molecule has 0 bridgehead atoms. The molecule has 0 radical (unpaired) electrons. The summed E-state index contributed by atoms with van der Waals surface area (Å²) < 4.78 is 0. The minimum Gasteiger partial charge on any atom is -0.481 e. The van der Waals surface area contributed by atoms with Crippen LogP contribution >= 0.6 is 0 Å². The van der Waals surface area contributed by atoms with Crippen LogP contribution in [0.1, 0.15) is 33.9 Å². The topological polar surface area (TPSA) is 95.5 Å². The molecule has 0 unspecified atom stereocenters. The summed E-state index contributed by atoms with van der Waals surface area (Å²) in [5, 5.41) is 14.7. The molecule has 0 aliphatic carbocycles. The molecule has 3 aromatic carbocycles. The normalized spacial score (nSPS) is 11.9. The maximum absolute atomic E-state index is 13.1. The molecule has 3 aromatic rings. The smallest absolute Gasteiger partial charge is 0.305 e. The highest BCUT2D eigenvalue weighted by molar-refractivity contribution is 6.05. The summed E-state index contributed by atoms with van der Waals surface area (Å²) in [7, 11) is 0. The van der Waals surface area contributed by atoms with E-state index in [-0.39, 0.29) is 12.1 Å². The van der Waals surface area contributed by atoms with Crippen molar-refractivity contribution >= 4 is 23.9 Å². The lowest BCUT2D eigenvalue weighted by molar-refractivity contribution is -0.137. The number of hydrogen-bond donors (Lipinski definition) is 3. The first-order chi connectivity index (χ1) is 15.0. The number of carbonyl (C=O) groups excluding carboxylic acids is 2. The van der Waals surface area contributed by atoms with Crippen LogP contribution in [0.2, 0.25) is 0 Å². The number of benzene rings is 3. The van der Waals surface area contributed by atoms with Gasteiger partial charge in [0.25, 0.3) is 11.8 Å². The predicted molar refractivity (Wildman–Crippen MR) is 118 cm³/mol. The summed E-state index contributed by atoms with van der Waals surface area (Å²) in [6, 6.07) is 25.7. The maximum atomic E-state index is 13.1. The molecule has 6 nitrogen and oxygen atoms in total. The molecule has 0 aliphatic heterocycles. The Morgan fingerprint density at radius 2 is 1.35 bits per heavy atom. The quantitative estimate of drug-likeness (QED) is 0.489. The van der Waals surface area contributed by atoms with Crippen molar-refractivity contribution < 1.29 is 19.5 Å². The van der Waals surface area contributed by atoms with Gasteiger partial charge in [-0.1, -0.05) is 78.9 Å². The molecule has 6 heteroatoms. The zero-order chi connectivity index (χ0) is 22.1. The lowest BCUT2D eigenvalue weighted by Gasteiger charge is -2.19. The van der Waals surface area contributed by atoms with Crippen molar-refractivity contribution in [2.75, 3.05) is 0 Å². The Labute approximate surface area is 180 Å². The summed E-state index contributed by atoms with van der Waals surface area (Å²) in [4.78, 5) is 37.1. The zero-order valence-electron chi connectivity index (χ0n) is 16.7. The maximum Gasteiger partial charge on any atom is 0.305 e. The number of carboxylic acid groups (broad SMARTS) is 1. The minimum atomic E-state index is -1.05. The number of hydrogen-bond acceptors (Lipinski definition) is 3. The molecular formula is C25H22N2O4. The van der Waals surface area contributed by atoms with Crippen LogP contribution in [0.4, 0.5) is 0 Å². The average molecular weight is 414 g/mol. The molecule has 0 aliphatic rings. The van der Waals surface area contributed by atoms with Gasteiger partial charge in [0.05, 0.1) is 12.5 Å². The molecule has 0 saturated heterocycles. The van der Waals surface area contributed by atoms with Crippen LogP contribution in [0.3, 0.4) is 0 Å². The van der Waals surface area contributed by atoms with Crippen molar-refractivity contribution in [3.05, 3.63) is 113 Å². The van der Waals surface area contributed by atoms with Crippen molar-refractivity contribution in [3.8, 4) is 0 Å². The molecule has 0 fully saturated rings. The molecule has 3 rings (SSSR count). The third-order valence-electron chi connectivity index (χ3n) is 4.53. The average Bonchev–Trinajstić information content (AvgIpc) is 2.79. The highest BCUT2D eigenvalue weighted by atomic mass is 16.4. The van der Waals surface area contributed by atoms with E-state index in [0.29, 0.717) is 11.1 Å². The summed E-state index contributed by atoms with van der Waals surface area (Å²) in [5.41, 5.74) is 1.80. The molecule has 3 N–H and O–H groups in total. The van der Waals surface area contributed by atoms with Crippen LogP contribution in [0.5, 0.6) is 0 Å². The fourth-order valence-corrected chi connectivity index (χ4v) is 3.01. The van der Waals surface area contributed by atoms with Gasteiger partial charge < -0.3 is 15.7 Å². The first kappa shape index (κ1) is 21.5. The van der Waals surface area contributed by atoms with Gasteiger partial charge in [-0.25, -0.2) is 0 Å². The van der Waals surface area contributed by atoms with Crippen molar-refractivity contribution in [2.45, 2.75) is 12.5 Å². The zero-order valence-corrected chi connectivity index (χ0v) is 16.7. The van der Waals surface area contributed by atoms with Crippen molar-refractivity contribution in [3.63, 3.8) is 0 Å². The van der Waals surface area contributed by atoms with Gasteiger partial charge in [0, 0.05) is 5.56 Å². The van der Waals surface area contributed by atoms with Gasteiger partial charge in [0.15, 0.2) is 0 Å². The van der Waals surface area contributed by atoms with Crippen molar-refractivity contribution in [1.82, 2.24) is 10.6 Å². The number of carbonyl (C=O) groups is 3. The fourth-order valence-electron chi connectivity index (χ4n) is 3.01. The largest absolute Gasteiger partial charge is 0.481 e. The van der Waals surface area contributed by atoms with E-state index in [0.717, 1.165) is 5.56 Å². The summed E-state index contributed by atoms with van der Waals surface area (Å²) >= 11 is 0. The fraction of sp³-hybridized carbons (Fsp3) is 0.0800. The number of carboxylic acids is 1. The van der Waals surface area contributed by atoms with Gasteiger partial charge >= 0.3 is 5.97 Å². The monoisotopic (exact) mass is 414 g/mol. The van der Waals surface area contributed by atoms with E-state index in [9.17, 15) is 19.5 Å². The van der Waals surface area contributed by atoms with E-state index in [4.69, 9.17) is 0 Å². The van der Waals surface area contributed by atoms with E-state index in [1.54, 1.807) is 72.8 Å². The first-order valence-corrected chi connectivity index (χ1v) is 9.73. The van der Waals surface area contributed by atoms with Gasteiger partial charge in [-0.05, 0) is 29.3 Å².